The molecule has 3 N–H and O–H groups in total. The van der Waals surface area contributed by atoms with Gasteiger partial charge in [0, 0.05) is 23.7 Å². The minimum absolute atomic E-state index is 0.226. The minimum Gasteiger partial charge on any atom is -0.482 e. The second-order valence-electron chi connectivity index (χ2n) is 3.55. The van der Waals surface area contributed by atoms with Crippen LogP contribution in [-0.2, 0) is 11.3 Å². The summed E-state index contributed by atoms with van der Waals surface area (Å²) in [4.78, 5) is 10.7. The van der Waals surface area contributed by atoms with Gasteiger partial charge in [-0.25, -0.2) is 0 Å². The SMILES string of the molecule is C=CCNCc1cc(Cl)cc(Cl)c1OCC(N)=O. The molecule has 0 aliphatic rings. The molecule has 0 heterocycles. The van der Waals surface area contributed by atoms with Gasteiger partial charge in [-0.1, -0.05) is 29.3 Å². The van der Waals surface area contributed by atoms with Gasteiger partial charge < -0.3 is 15.8 Å². The molecule has 1 aromatic rings. The van der Waals surface area contributed by atoms with Crippen molar-refractivity contribution in [3.05, 3.63) is 40.4 Å². The Labute approximate surface area is 116 Å². The van der Waals surface area contributed by atoms with E-state index in [1.165, 1.54) is 0 Å². The quantitative estimate of drug-likeness (QED) is 0.597. The molecule has 0 saturated heterocycles. The lowest BCUT2D eigenvalue weighted by Crippen LogP contribution is -2.21. The highest BCUT2D eigenvalue weighted by Gasteiger charge is 2.11. The first-order valence-corrected chi connectivity index (χ1v) is 6.00. The summed E-state index contributed by atoms with van der Waals surface area (Å²) in [6, 6.07) is 3.27. The molecule has 0 aliphatic heterocycles. The van der Waals surface area contributed by atoms with Crippen LogP contribution in [0.5, 0.6) is 5.75 Å². The number of benzene rings is 1. The van der Waals surface area contributed by atoms with Crippen molar-refractivity contribution in [2.45, 2.75) is 6.54 Å². The maximum absolute atomic E-state index is 10.7. The zero-order valence-electron chi connectivity index (χ0n) is 9.71. The van der Waals surface area contributed by atoms with Crippen molar-refractivity contribution < 1.29 is 9.53 Å². The number of hydrogen-bond donors (Lipinski definition) is 2. The van der Waals surface area contributed by atoms with E-state index in [9.17, 15) is 4.79 Å². The molecule has 0 bridgehead atoms. The molecule has 0 aromatic heterocycles. The summed E-state index contributed by atoms with van der Waals surface area (Å²) in [7, 11) is 0. The van der Waals surface area contributed by atoms with E-state index in [4.69, 9.17) is 33.7 Å². The number of amides is 1. The van der Waals surface area contributed by atoms with Crippen LogP contribution in [0, 0.1) is 0 Å². The summed E-state index contributed by atoms with van der Waals surface area (Å²) in [5.41, 5.74) is 5.79. The molecule has 18 heavy (non-hydrogen) atoms. The number of hydrogen-bond acceptors (Lipinski definition) is 3. The first kappa shape index (κ1) is 14.8. The highest BCUT2D eigenvalue weighted by atomic mass is 35.5. The fourth-order valence-electron chi connectivity index (χ4n) is 1.36. The predicted octanol–water partition coefficient (Wildman–Crippen LogP) is 2.13. The maximum atomic E-state index is 10.7. The molecule has 0 fully saturated rings. The van der Waals surface area contributed by atoms with Gasteiger partial charge in [0.25, 0.3) is 5.91 Å². The second-order valence-corrected chi connectivity index (χ2v) is 4.39. The largest absolute Gasteiger partial charge is 0.482 e. The summed E-state index contributed by atoms with van der Waals surface area (Å²) in [6.07, 6.45) is 1.73. The molecule has 6 heteroatoms. The Kier molecular flexibility index (Phi) is 5.98. The van der Waals surface area contributed by atoms with E-state index in [0.29, 0.717) is 28.9 Å². The fraction of sp³-hybridized carbons (Fsp3) is 0.250. The molecular formula is C12H14Cl2N2O2. The Balaban J connectivity index is 2.89. The standard InChI is InChI=1S/C12H14Cl2N2O2/c1-2-3-16-6-8-4-9(13)5-10(14)12(8)18-7-11(15)17/h2,4-5,16H,1,3,6-7H2,(H2,15,17). The van der Waals surface area contributed by atoms with Crippen LogP contribution >= 0.6 is 23.2 Å². The Bertz CT molecular complexity index is 450. The van der Waals surface area contributed by atoms with Crippen LogP contribution in [0.3, 0.4) is 0 Å². The topological polar surface area (TPSA) is 64.3 Å². The van der Waals surface area contributed by atoms with Gasteiger partial charge in [0.1, 0.15) is 5.75 Å². The number of halogens is 2. The molecule has 4 nitrogen and oxygen atoms in total. The molecule has 0 unspecified atom stereocenters. The normalized spacial score (nSPS) is 10.1. The number of carbonyl (C=O) groups excluding carboxylic acids is 1. The van der Waals surface area contributed by atoms with Crippen LogP contribution in [0.25, 0.3) is 0 Å². The number of nitrogens with one attached hydrogen (secondary N) is 1. The first-order valence-electron chi connectivity index (χ1n) is 5.25. The van der Waals surface area contributed by atoms with E-state index in [1.54, 1.807) is 18.2 Å². The van der Waals surface area contributed by atoms with Crippen molar-refractivity contribution >= 4 is 29.1 Å². The van der Waals surface area contributed by atoms with E-state index in [0.717, 1.165) is 5.56 Å². The average molecular weight is 289 g/mol. The molecule has 1 amide bonds. The molecule has 1 aromatic carbocycles. The first-order chi connectivity index (χ1) is 8.54. The van der Waals surface area contributed by atoms with Gasteiger partial charge in [0.05, 0.1) is 5.02 Å². The van der Waals surface area contributed by atoms with Gasteiger partial charge >= 0.3 is 0 Å². The molecular weight excluding hydrogens is 275 g/mol. The number of rotatable bonds is 7. The highest BCUT2D eigenvalue weighted by molar-refractivity contribution is 6.35. The van der Waals surface area contributed by atoms with E-state index < -0.39 is 5.91 Å². The lowest BCUT2D eigenvalue weighted by atomic mass is 10.2. The monoisotopic (exact) mass is 288 g/mol. The van der Waals surface area contributed by atoms with Gasteiger partial charge in [-0.3, -0.25) is 4.79 Å². The van der Waals surface area contributed by atoms with Crippen LogP contribution in [0.2, 0.25) is 10.0 Å². The maximum Gasteiger partial charge on any atom is 0.255 e. The Morgan fingerprint density at radius 1 is 1.50 bits per heavy atom. The Morgan fingerprint density at radius 3 is 2.83 bits per heavy atom. The third-order valence-corrected chi connectivity index (χ3v) is 2.55. The van der Waals surface area contributed by atoms with Crippen molar-refractivity contribution in [3.63, 3.8) is 0 Å². The summed E-state index contributed by atoms with van der Waals surface area (Å²) in [6.45, 7) is 4.51. The van der Waals surface area contributed by atoms with Crippen LogP contribution in [0.4, 0.5) is 0 Å². The van der Waals surface area contributed by atoms with Gasteiger partial charge in [-0.15, -0.1) is 6.58 Å². The number of carbonyl (C=O) groups is 1. The van der Waals surface area contributed by atoms with E-state index in [1.807, 2.05) is 0 Å². The number of ether oxygens (including phenoxy) is 1. The molecule has 0 aliphatic carbocycles. The van der Waals surface area contributed by atoms with E-state index in [-0.39, 0.29) is 6.61 Å². The molecule has 0 radical (unpaired) electrons. The minimum atomic E-state index is -0.564. The van der Waals surface area contributed by atoms with Crippen molar-refractivity contribution in [2.75, 3.05) is 13.2 Å². The third-order valence-electron chi connectivity index (χ3n) is 2.05. The van der Waals surface area contributed by atoms with Crippen LogP contribution in [0.15, 0.2) is 24.8 Å². The van der Waals surface area contributed by atoms with Crippen molar-refractivity contribution in [1.82, 2.24) is 5.32 Å². The van der Waals surface area contributed by atoms with Gasteiger partial charge in [0.15, 0.2) is 6.61 Å². The van der Waals surface area contributed by atoms with E-state index in [2.05, 4.69) is 11.9 Å². The second kappa shape index (κ2) is 7.26. The molecule has 0 atom stereocenters. The van der Waals surface area contributed by atoms with Gasteiger partial charge in [-0.2, -0.15) is 0 Å². The summed E-state index contributed by atoms with van der Waals surface area (Å²) in [5, 5.41) is 3.95. The van der Waals surface area contributed by atoms with Crippen LogP contribution < -0.4 is 15.8 Å². The van der Waals surface area contributed by atoms with Crippen molar-refractivity contribution in [2.24, 2.45) is 5.73 Å². The Hall–Kier alpha value is -1.23. The lowest BCUT2D eigenvalue weighted by Gasteiger charge is -2.13. The van der Waals surface area contributed by atoms with Crippen molar-refractivity contribution in [1.29, 1.82) is 0 Å². The molecule has 0 spiro atoms. The molecule has 1 rings (SSSR count). The predicted molar refractivity (Wildman–Crippen MR) is 73.1 cm³/mol. The average Bonchev–Trinajstić information content (AvgIpc) is 2.27. The van der Waals surface area contributed by atoms with Crippen molar-refractivity contribution in [3.8, 4) is 5.75 Å². The summed E-state index contributed by atoms with van der Waals surface area (Å²) in [5.74, 6) is -0.151. The van der Waals surface area contributed by atoms with Gasteiger partial charge in [-0.05, 0) is 12.1 Å². The van der Waals surface area contributed by atoms with Gasteiger partial charge in [0.2, 0.25) is 0 Å². The zero-order chi connectivity index (χ0) is 13.5. The van der Waals surface area contributed by atoms with Crippen LogP contribution in [0.1, 0.15) is 5.56 Å². The zero-order valence-corrected chi connectivity index (χ0v) is 11.2. The number of nitrogens with two attached hydrogens (primary N) is 1. The smallest absolute Gasteiger partial charge is 0.255 e. The number of primary amides is 1. The Morgan fingerprint density at radius 2 is 2.22 bits per heavy atom. The van der Waals surface area contributed by atoms with E-state index >= 15 is 0 Å². The third kappa shape index (κ3) is 4.56. The summed E-state index contributed by atoms with van der Waals surface area (Å²) >= 11 is 11.9. The fourth-order valence-corrected chi connectivity index (χ4v) is 1.95. The molecule has 0 saturated carbocycles. The highest BCUT2D eigenvalue weighted by Crippen LogP contribution is 2.32. The summed E-state index contributed by atoms with van der Waals surface area (Å²) < 4.78 is 5.28. The van der Waals surface area contributed by atoms with Crippen LogP contribution in [-0.4, -0.2) is 19.1 Å². The lowest BCUT2D eigenvalue weighted by molar-refractivity contribution is -0.119. The molecule has 98 valence electrons.